The van der Waals surface area contributed by atoms with E-state index in [0.717, 1.165) is 23.3 Å². The van der Waals surface area contributed by atoms with Crippen LogP contribution in [0, 0.1) is 11.6 Å². The molecule has 0 bridgehead atoms. The van der Waals surface area contributed by atoms with E-state index in [4.69, 9.17) is 4.74 Å². The molecule has 35 heavy (non-hydrogen) atoms. The molecule has 0 aliphatic carbocycles. The zero-order chi connectivity index (χ0) is 24.7. The predicted octanol–water partition coefficient (Wildman–Crippen LogP) is 4.36. The van der Waals surface area contributed by atoms with Crippen molar-refractivity contribution in [3.05, 3.63) is 107 Å². The fourth-order valence-corrected chi connectivity index (χ4v) is 4.46. The molecule has 5 nitrogen and oxygen atoms in total. The van der Waals surface area contributed by atoms with Crippen molar-refractivity contribution < 1.29 is 23.1 Å². The number of carbonyl (C=O) groups excluding carboxylic acids is 2. The summed E-state index contributed by atoms with van der Waals surface area (Å²) in [6, 6.07) is 22.7. The van der Waals surface area contributed by atoms with Gasteiger partial charge in [0.15, 0.2) is 11.6 Å². The first-order valence-electron chi connectivity index (χ1n) is 11.7. The van der Waals surface area contributed by atoms with Gasteiger partial charge in [-0.3, -0.25) is 9.59 Å². The summed E-state index contributed by atoms with van der Waals surface area (Å²) in [5.74, 6) is -2.17. The lowest BCUT2D eigenvalue weighted by atomic mass is 9.72. The average molecular weight is 479 g/mol. The van der Waals surface area contributed by atoms with Crippen LogP contribution in [0.3, 0.4) is 0 Å². The van der Waals surface area contributed by atoms with E-state index < -0.39 is 17.0 Å². The van der Waals surface area contributed by atoms with Crippen molar-refractivity contribution in [2.75, 3.05) is 19.7 Å². The first-order valence-corrected chi connectivity index (χ1v) is 11.7. The third kappa shape index (κ3) is 5.92. The topological polar surface area (TPSA) is 58.6 Å². The molecule has 0 saturated carbocycles. The number of likely N-dealkylation sites (tertiary alicyclic amines) is 1. The predicted molar refractivity (Wildman–Crippen MR) is 128 cm³/mol. The van der Waals surface area contributed by atoms with Gasteiger partial charge in [-0.25, -0.2) is 8.78 Å². The molecule has 2 amide bonds. The van der Waals surface area contributed by atoms with Crippen molar-refractivity contribution in [3.63, 3.8) is 0 Å². The second-order valence-corrected chi connectivity index (χ2v) is 8.74. The zero-order valence-electron chi connectivity index (χ0n) is 19.4. The highest BCUT2D eigenvalue weighted by Crippen LogP contribution is 2.36. The number of amides is 2. The molecule has 1 fully saturated rings. The molecule has 0 spiro atoms. The van der Waals surface area contributed by atoms with E-state index in [1.807, 2.05) is 60.7 Å². The number of benzene rings is 3. The Bertz CT molecular complexity index is 1150. The van der Waals surface area contributed by atoms with Gasteiger partial charge in [-0.2, -0.15) is 0 Å². The van der Waals surface area contributed by atoms with Crippen molar-refractivity contribution in [2.24, 2.45) is 0 Å². The maximum atomic E-state index is 13.6. The van der Waals surface area contributed by atoms with E-state index in [2.05, 4.69) is 5.32 Å². The first-order chi connectivity index (χ1) is 17.0. The molecule has 0 aromatic heterocycles. The molecule has 1 saturated heterocycles. The van der Waals surface area contributed by atoms with Crippen LogP contribution in [0.25, 0.3) is 0 Å². The normalized spacial score (nSPS) is 15.0. The summed E-state index contributed by atoms with van der Waals surface area (Å²) < 4.78 is 32.4. The number of hydrogen-bond acceptors (Lipinski definition) is 3. The smallest absolute Gasteiger partial charge is 0.248 e. The molecule has 1 N–H and O–H groups in total. The fraction of sp³-hybridized carbons (Fsp3) is 0.286. The molecule has 7 heteroatoms. The van der Waals surface area contributed by atoms with Gasteiger partial charge in [0, 0.05) is 19.6 Å². The standard InChI is InChI=1S/C28H28F2N2O3/c29-24-12-11-22(17-25(24)30)18-31-27(34)28(23-9-5-2-6-10-23)13-15-32(16-14-28)26(33)20-35-19-21-7-3-1-4-8-21/h1-12,17H,13-16,18-20H2,(H,31,34). The monoisotopic (exact) mass is 478 g/mol. The van der Waals surface area contributed by atoms with Crippen LogP contribution in [0.4, 0.5) is 8.78 Å². The van der Waals surface area contributed by atoms with Crippen LogP contribution in [-0.2, 0) is 32.9 Å². The molecule has 182 valence electrons. The summed E-state index contributed by atoms with van der Waals surface area (Å²) in [6.07, 6.45) is 0.899. The van der Waals surface area contributed by atoms with Crippen molar-refractivity contribution >= 4 is 11.8 Å². The minimum absolute atomic E-state index is 0.0183. The lowest BCUT2D eigenvalue weighted by Crippen LogP contribution is -2.53. The Balaban J connectivity index is 1.39. The molecule has 3 aromatic rings. The van der Waals surface area contributed by atoms with E-state index in [0.29, 0.717) is 38.1 Å². The van der Waals surface area contributed by atoms with E-state index in [-0.39, 0.29) is 25.0 Å². The number of carbonyl (C=O) groups is 2. The summed E-state index contributed by atoms with van der Waals surface area (Å²) >= 11 is 0. The summed E-state index contributed by atoms with van der Waals surface area (Å²) in [7, 11) is 0. The molecule has 0 radical (unpaired) electrons. The van der Waals surface area contributed by atoms with Crippen LogP contribution in [0.2, 0.25) is 0 Å². The van der Waals surface area contributed by atoms with Crippen LogP contribution < -0.4 is 5.32 Å². The second kappa shape index (κ2) is 11.2. The number of nitrogens with zero attached hydrogens (tertiary/aromatic N) is 1. The van der Waals surface area contributed by atoms with Crippen molar-refractivity contribution in [1.29, 1.82) is 0 Å². The highest BCUT2D eigenvalue weighted by molar-refractivity contribution is 5.89. The summed E-state index contributed by atoms with van der Waals surface area (Å²) in [4.78, 5) is 27.9. The largest absolute Gasteiger partial charge is 0.367 e. The maximum Gasteiger partial charge on any atom is 0.248 e. The average Bonchev–Trinajstić information content (AvgIpc) is 2.90. The maximum absolute atomic E-state index is 13.6. The minimum atomic E-state index is -0.948. The van der Waals surface area contributed by atoms with Crippen molar-refractivity contribution in [1.82, 2.24) is 10.2 Å². The number of piperidine rings is 1. The van der Waals surface area contributed by atoms with Crippen LogP contribution in [0.5, 0.6) is 0 Å². The Morgan fingerprint density at radius 3 is 2.17 bits per heavy atom. The highest BCUT2D eigenvalue weighted by Gasteiger charge is 2.43. The van der Waals surface area contributed by atoms with Crippen LogP contribution in [-0.4, -0.2) is 36.4 Å². The SMILES string of the molecule is O=C(COCc1ccccc1)N1CCC(C(=O)NCc2ccc(F)c(F)c2)(c2ccccc2)CC1. The number of halogens is 2. The molecule has 0 atom stereocenters. The van der Waals surface area contributed by atoms with E-state index in [9.17, 15) is 18.4 Å². The Hall–Kier alpha value is -3.58. The molecule has 4 rings (SSSR count). The molecule has 1 heterocycles. The van der Waals surface area contributed by atoms with Gasteiger partial charge in [-0.1, -0.05) is 66.7 Å². The van der Waals surface area contributed by atoms with Gasteiger partial charge in [0.25, 0.3) is 0 Å². The van der Waals surface area contributed by atoms with Gasteiger partial charge in [-0.15, -0.1) is 0 Å². The molecule has 0 unspecified atom stereocenters. The number of rotatable bonds is 8. The van der Waals surface area contributed by atoms with Crippen LogP contribution in [0.1, 0.15) is 29.5 Å². The summed E-state index contributed by atoms with van der Waals surface area (Å²) in [5.41, 5.74) is 1.53. The van der Waals surface area contributed by atoms with Gasteiger partial charge >= 0.3 is 0 Å². The Kier molecular flexibility index (Phi) is 7.87. The van der Waals surface area contributed by atoms with Gasteiger partial charge < -0.3 is 15.0 Å². The van der Waals surface area contributed by atoms with E-state index in [1.165, 1.54) is 6.07 Å². The second-order valence-electron chi connectivity index (χ2n) is 8.74. The quantitative estimate of drug-likeness (QED) is 0.524. The molecule has 1 aliphatic heterocycles. The highest BCUT2D eigenvalue weighted by atomic mass is 19.2. The third-order valence-electron chi connectivity index (χ3n) is 6.50. The number of ether oxygens (including phenoxy) is 1. The van der Waals surface area contributed by atoms with Gasteiger partial charge in [0.1, 0.15) is 6.61 Å². The Labute approximate surface area is 203 Å². The zero-order valence-corrected chi connectivity index (χ0v) is 19.4. The van der Waals surface area contributed by atoms with Gasteiger partial charge in [0.2, 0.25) is 11.8 Å². The van der Waals surface area contributed by atoms with Crippen LogP contribution in [0.15, 0.2) is 78.9 Å². The van der Waals surface area contributed by atoms with Gasteiger partial charge in [0.05, 0.1) is 12.0 Å². The molecule has 3 aromatic carbocycles. The molecular formula is C28H28F2N2O3. The summed E-state index contributed by atoms with van der Waals surface area (Å²) in [6.45, 7) is 1.26. The van der Waals surface area contributed by atoms with Crippen molar-refractivity contribution in [2.45, 2.75) is 31.4 Å². The van der Waals surface area contributed by atoms with E-state index >= 15 is 0 Å². The fourth-order valence-electron chi connectivity index (χ4n) is 4.46. The first kappa shape index (κ1) is 24.5. The van der Waals surface area contributed by atoms with E-state index in [1.54, 1.807) is 4.90 Å². The molecular weight excluding hydrogens is 450 g/mol. The Morgan fingerprint density at radius 1 is 0.857 bits per heavy atom. The minimum Gasteiger partial charge on any atom is -0.367 e. The lowest BCUT2D eigenvalue weighted by Gasteiger charge is -2.41. The van der Waals surface area contributed by atoms with Crippen molar-refractivity contribution in [3.8, 4) is 0 Å². The van der Waals surface area contributed by atoms with Crippen LogP contribution >= 0.6 is 0 Å². The number of nitrogens with one attached hydrogen (secondary N) is 1. The lowest BCUT2D eigenvalue weighted by molar-refractivity contribution is -0.141. The Morgan fingerprint density at radius 2 is 1.51 bits per heavy atom. The third-order valence-corrected chi connectivity index (χ3v) is 6.50. The van der Waals surface area contributed by atoms with Gasteiger partial charge in [-0.05, 0) is 41.7 Å². The molecule has 1 aliphatic rings. The number of hydrogen-bond donors (Lipinski definition) is 1. The summed E-state index contributed by atoms with van der Waals surface area (Å²) in [5, 5.41) is 2.90.